The van der Waals surface area contributed by atoms with Crippen molar-refractivity contribution >= 4 is 35.2 Å². The van der Waals surface area contributed by atoms with E-state index in [1.54, 1.807) is 0 Å². The molecule has 0 fully saturated rings. The summed E-state index contributed by atoms with van der Waals surface area (Å²) < 4.78 is 0. The highest BCUT2D eigenvalue weighted by molar-refractivity contribution is 7.78. The fourth-order valence-corrected chi connectivity index (χ4v) is 2.27. The summed E-state index contributed by atoms with van der Waals surface area (Å²) in [5, 5.41) is 2.44. The van der Waals surface area contributed by atoms with Gasteiger partial charge in [-0.15, -0.1) is 0 Å². The topological polar surface area (TPSA) is 12.4 Å². The summed E-state index contributed by atoms with van der Waals surface area (Å²) in [6.07, 6.45) is 4.24. The molecule has 0 atom stereocenters. The maximum atomic E-state index is 4.68. The molecule has 0 aliphatic carbocycles. The quantitative estimate of drug-likeness (QED) is 0.409. The largest absolute Gasteiger partial charge is 0.194 e. The van der Waals surface area contributed by atoms with Crippen LogP contribution in [0, 0.1) is 20.8 Å². The van der Waals surface area contributed by atoms with Crippen LogP contribution in [0.4, 0.5) is 5.69 Å². The summed E-state index contributed by atoms with van der Waals surface area (Å²) in [6.45, 7) is 6.18. The summed E-state index contributed by atoms with van der Waals surface area (Å²) in [5.41, 5.74) is 6.80. The molecule has 2 rings (SSSR count). The van der Waals surface area contributed by atoms with Crippen LogP contribution in [0.2, 0.25) is 0 Å². The molecule has 100 valence electrons. The Morgan fingerprint density at radius 3 is 2.00 bits per heavy atom. The summed E-state index contributed by atoms with van der Waals surface area (Å²) in [4.78, 5) is 4.12. The summed E-state index contributed by atoms with van der Waals surface area (Å²) in [6, 6.07) is 12.7. The number of aryl methyl sites for hydroxylation is 3. The lowest BCUT2D eigenvalue weighted by molar-refractivity contribution is 1.33. The second-order valence-electron chi connectivity index (χ2n) is 4.95. The Morgan fingerprint density at radius 2 is 1.45 bits per heavy atom. The molecule has 1 nitrogen and oxygen atoms in total. The van der Waals surface area contributed by atoms with Crippen molar-refractivity contribution in [2.45, 2.75) is 20.8 Å². The van der Waals surface area contributed by atoms with E-state index in [-0.39, 0.29) is 0 Å². The highest BCUT2D eigenvalue weighted by atomic mass is 32.1. The van der Waals surface area contributed by atoms with Crippen LogP contribution in [-0.4, -0.2) is 5.16 Å². The number of hydrogen-bond donors (Lipinski definition) is 0. The first-order valence-corrected chi connectivity index (χ1v) is 6.95. The van der Waals surface area contributed by atoms with Crippen LogP contribution >= 0.6 is 12.2 Å². The van der Waals surface area contributed by atoms with Crippen molar-refractivity contribution in [2.24, 2.45) is 4.99 Å². The summed E-state index contributed by atoms with van der Waals surface area (Å²) in [5.74, 6) is 0. The lowest BCUT2D eigenvalue weighted by atomic mass is 10.0. The standard InChI is InChI=1S/C18H17NS/c1-13-4-6-16(7-5-13)8-9-17-10-14(2)18(19-12-20)15(3)11-17/h4-11H,1-3H3/b9-8+. The number of hydrogen-bond acceptors (Lipinski definition) is 2. The van der Waals surface area contributed by atoms with Gasteiger partial charge in [-0.05, 0) is 67.4 Å². The third-order valence-electron chi connectivity index (χ3n) is 3.22. The highest BCUT2D eigenvalue weighted by Crippen LogP contribution is 2.25. The van der Waals surface area contributed by atoms with Crippen LogP contribution in [0.5, 0.6) is 0 Å². The van der Waals surface area contributed by atoms with Gasteiger partial charge in [-0.3, -0.25) is 0 Å². The van der Waals surface area contributed by atoms with Crippen molar-refractivity contribution in [3.63, 3.8) is 0 Å². The minimum Gasteiger partial charge on any atom is -0.194 e. The summed E-state index contributed by atoms with van der Waals surface area (Å²) >= 11 is 4.68. The monoisotopic (exact) mass is 279 g/mol. The molecule has 20 heavy (non-hydrogen) atoms. The molecule has 2 heteroatoms. The van der Waals surface area contributed by atoms with Crippen molar-refractivity contribution < 1.29 is 0 Å². The van der Waals surface area contributed by atoms with Gasteiger partial charge in [0.2, 0.25) is 0 Å². The average Bonchev–Trinajstić information content (AvgIpc) is 2.42. The molecule has 0 bridgehead atoms. The predicted molar refractivity (Wildman–Crippen MR) is 90.7 cm³/mol. The van der Waals surface area contributed by atoms with Gasteiger partial charge in [-0.25, -0.2) is 0 Å². The molecule has 0 N–H and O–H groups in total. The third kappa shape index (κ3) is 3.51. The number of aliphatic imine (C=N–C) groups is 1. The Bertz CT molecular complexity index is 667. The molecule has 0 aliphatic heterocycles. The lowest BCUT2D eigenvalue weighted by Crippen LogP contribution is -1.83. The lowest BCUT2D eigenvalue weighted by Gasteiger charge is -2.05. The molecule has 0 heterocycles. The van der Waals surface area contributed by atoms with Crippen molar-refractivity contribution in [1.82, 2.24) is 0 Å². The zero-order valence-electron chi connectivity index (χ0n) is 12.0. The van der Waals surface area contributed by atoms with Crippen LogP contribution < -0.4 is 0 Å². The maximum Gasteiger partial charge on any atom is 0.0798 e. The molecule has 0 saturated carbocycles. The number of isothiocyanates is 1. The summed E-state index contributed by atoms with van der Waals surface area (Å²) in [7, 11) is 0. The van der Waals surface area contributed by atoms with Gasteiger partial charge >= 0.3 is 0 Å². The van der Waals surface area contributed by atoms with Gasteiger partial charge in [-0.1, -0.05) is 42.0 Å². The Balaban J connectivity index is 2.30. The Labute approximate surface area is 125 Å². The average molecular weight is 279 g/mol. The molecule has 0 amide bonds. The van der Waals surface area contributed by atoms with Crippen molar-refractivity contribution in [2.75, 3.05) is 0 Å². The van der Waals surface area contributed by atoms with E-state index < -0.39 is 0 Å². The fourth-order valence-electron chi connectivity index (χ4n) is 2.18. The van der Waals surface area contributed by atoms with E-state index in [0.29, 0.717) is 0 Å². The first-order chi connectivity index (χ1) is 9.60. The molecule has 0 aliphatic rings. The van der Waals surface area contributed by atoms with Gasteiger partial charge in [-0.2, -0.15) is 4.99 Å². The van der Waals surface area contributed by atoms with Gasteiger partial charge in [0.05, 0.1) is 10.8 Å². The Kier molecular flexibility index (Phi) is 4.62. The van der Waals surface area contributed by atoms with Crippen LogP contribution in [0.25, 0.3) is 12.2 Å². The van der Waals surface area contributed by atoms with E-state index in [1.807, 2.05) is 13.8 Å². The van der Waals surface area contributed by atoms with Crippen LogP contribution in [0.1, 0.15) is 27.8 Å². The molecule has 0 aromatic heterocycles. The second-order valence-corrected chi connectivity index (χ2v) is 5.13. The van der Waals surface area contributed by atoms with Gasteiger partial charge in [0.1, 0.15) is 0 Å². The Morgan fingerprint density at radius 1 is 0.900 bits per heavy atom. The number of benzene rings is 2. The third-order valence-corrected chi connectivity index (χ3v) is 3.31. The van der Waals surface area contributed by atoms with Crippen molar-refractivity contribution in [3.8, 4) is 0 Å². The first-order valence-electron chi connectivity index (χ1n) is 6.54. The maximum absolute atomic E-state index is 4.68. The van der Waals surface area contributed by atoms with Crippen LogP contribution in [-0.2, 0) is 0 Å². The smallest absolute Gasteiger partial charge is 0.0798 e. The highest BCUT2D eigenvalue weighted by Gasteiger charge is 2.02. The Hall–Kier alpha value is -2.02. The zero-order valence-corrected chi connectivity index (χ0v) is 12.8. The van der Waals surface area contributed by atoms with E-state index in [0.717, 1.165) is 16.8 Å². The number of nitrogens with zero attached hydrogens (tertiary/aromatic N) is 1. The molecular weight excluding hydrogens is 262 g/mol. The normalized spacial score (nSPS) is 10.6. The van der Waals surface area contributed by atoms with Gasteiger partial charge in [0, 0.05) is 0 Å². The number of thiocarbonyl (C=S) groups is 1. The van der Waals surface area contributed by atoms with E-state index in [1.165, 1.54) is 16.7 Å². The molecule has 2 aromatic carbocycles. The van der Waals surface area contributed by atoms with Gasteiger partial charge < -0.3 is 0 Å². The second kappa shape index (κ2) is 6.42. The van der Waals surface area contributed by atoms with Crippen molar-refractivity contribution in [3.05, 3.63) is 64.2 Å². The SMILES string of the molecule is Cc1ccc(/C=C/c2cc(C)c(N=C=S)c(C)c2)cc1. The fraction of sp³-hybridized carbons (Fsp3) is 0.167. The molecule has 2 aromatic rings. The minimum absolute atomic E-state index is 0.924. The van der Waals surface area contributed by atoms with E-state index >= 15 is 0 Å². The van der Waals surface area contributed by atoms with E-state index in [2.05, 4.69) is 77.8 Å². The van der Waals surface area contributed by atoms with E-state index in [9.17, 15) is 0 Å². The zero-order chi connectivity index (χ0) is 14.5. The number of rotatable bonds is 3. The van der Waals surface area contributed by atoms with Gasteiger partial charge in [0.15, 0.2) is 0 Å². The van der Waals surface area contributed by atoms with Crippen LogP contribution in [0.3, 0.4) is 0 Å². The minimum atomic E-state index is 0.924. The molecule has 0 unspecified atom stereocenters. The molecule has 0 radical (unpaired) electrons. The van der Waals surface area contributed by atoms with Crippen molar-refractivity contribution in [1.29, 1.82) is 0 Å². The predicted octanol–water partition coefficient (Wildman–Crippen LogP) is 5.52. The first kappa shape index (κ1) is 14.4. The van der Waals surface area contributed by atoms with Crippen LogP contribution in [0.15, 0.2) is 41.4 Å². The van der Waals surface area contributed by atoms with Gasteiger partial charge in [0.25, 0.3) is 0 Å². The molecule has 0 saturated heterocycles. The van der Waals surface area contributed by atoms with E-state index in [4.69, 9.17) is 0 Å². The molecule has 0 spiro atoms. The molecular formula is C18H17NS.